The van der Waals surface area contributed by atoms with Crippen LogP contribution in [0.4, 0.5) is 0 Å². The van der Waals surface area contributed by atoms with E-state index in [1.54, 1.807) is 12.1 Å². The molecule has 2 rings (SSSR count). The molecule has 6 nitrogen and oxygen atoms in total. The van der Waals surface area contributed by atoms with Crippen LogP contribution < -0.4 is 19.5 Å². The Morgan fingerprint density at radius 3 is 2.48 bits per heavy atom. The van der Waals surface area contributed by atoms with Gasteiger partial charge in [-0.15, -0.1) is 0 Å². The Hall–Kier alpha value is -3.15. The maximum absolute atomic E-state index is 12.4. The fourth-order valence-corrected chi connectivity index (χ4v) is 2.21. The summed E-state index contributed by atoms with van der Waals surface area (Å²) in [6, 6.07) is 10.2. The SMILES string of the molecule is C=CCOc1ccc(CNC(=O)c2c(O)cc(OC)cc2OC)cc1. The Kier molecular flexibility index (Phi) is 6.28. The number of ether oxygens (including phenoxy) is 3. The van der Waals surface area contributed by atoms with Crippen molar-refractivity contribution in [3.8, 4) is 23.0 Å². The predicted octanol–water partition coefficient (Wildman–Crippen LogP) is 2.90. The topological polar surface area (TPSA) is 77.0 Å². The van der Waals surface area contributed by atoms with Gasteiger partial charge in [0.2, 0.25) is 0 Å². The number of hydrogen-bond donors (Lipinski definition) is 2. The van der Waals surface area contributed by atoms with Crippen LogP contribution in [-0.4, -0.2) is 31.8 Å². The molecule has 0 radical (unpaired) electrons. The van der Waals surface area contributed by atoms with Crippen LogP contribution in [0.2, 0.25) is 0 Å². The second-order valence-corrected chi connectivity index (χ2v) is 5.15. The lowest BCUT2D eigenvalue weighted by molar-refractivity contribution is 0.0945. The quantitative estimate of drug-likeness (QED) is 0.721. The Morgan fingerprint density at radius 2 is 1.88 bits per heavy atom. The van der Waals surface area contributed by atoms with Gasteiger partial charge in [0, 0.05) is 18.7 Å². The van der Waals surface area contributed by atoms with Gasteiger partial charge in [-0.3, -0.25) is 4.79 Å². The van der Waals surface area contributed by atoms with Crippen LogP contribution in [0, 0.1) is 0 Å². The van der Waals surface area contributed by atoms with E-state index in [-0.39, 0.29) is 17.1 Å². The summed E-state index contributed by atoms with van der Waals surface area (Å²) in [5.41, 5.74) is 0.959. The molecule has 0 aliphatic carbocycles. The third kappa shape index (κ3) is 4.67. The van der Waals surface area contributed by atoms with Crippen LogP contribution >= 0.6 is 0 Å². The molecule has 25 heavy (non-hydrogen) atoms. The minimum absolute atomic E-state index is 0.0641. The molecular formula is C19H21NO5. The minimum atomic E-state index is -0.441. The molecule has 2 aromatic rings. The number of hydrogen-bond acceptors (Lipinski definition) is 5. The molecule has 0 atom stereocenters. The molecule has 0 aliphatic rings. The van der Waals surface area contributed by atoms with Crippen molar-refractivity contribution in [3.05, 3.63) is 60.2 Å². The molecular weight excluding hydrogens is 322 g/mol. The Labute approximate surface area is 146 Å². The molecule has 0 fully saturated rings. The fourth-order valence-electron chi connectivity index (χ4n) is 2.21. The van der Waals surface area contributed by atoms with E-state index in [1.807, 2.05) is 24.3 Å². The molecule has 2 N–H and O–H groups in total. The number of rotatable bonds is 8. The summed E-state index contributed by atoms with van der Waals surface area (Å²) in [4.78, 5) is 12.4. The Balaban J connectivity index is 2.06. The maximum Gasteiger partial charge on any atom is 0.259 e. The summed E-state index contributed by atoms with van der Waals surface area (Å²) in [7, 11) is 2.89. The van der Waals surface area contributed by atoms with E-state index >= 15 is 0 Å². The molecule has 0 aromatic heterocycles. The smallest absolute Gasteiger partial charge is 0.259 e. The molecule has 0 heterocycles. The average Bonchev–Trinajstić information content (AvgIpc) is 2.64. The molecule has 0 saturated carbocycles. The summed E-state index contributed by atoms with van der Waals surface area (Å²) < 4.78 is 15.6. The lowest BCUT2D eigenvalue weighted by Gasteiger charge is -2.13. The second kappa shape index (κ2) is 8.63. The number of carbonyl (C=O) groups is 1. The molecule has 2 aromatic carbocycles. The van der Waals surface area contributed by atoms with Crippen molar-refractivity contribution in [3.63, 3.8) is 0 Å². The fraction of sp³-hybridized carbons (Fsp3) is 0.211. The van der Waals surface area contributed by atoms with Gasteiger partial charge in [-0.2, -0.15) is 0 Å². The van der Waals surface area contributed by atoms with Crippen molar-refractivity contribution in [2.24, 2.45) is 0 Å². The van der Waals surface area contributed by atoms with Gasteiger partial charge in [-0.05, 0) is 17.7 Å². The molecule has 6 heteroatoms. The highest BCUT2D eigenvalue weighted by atomic mass is 16.5. The summed E-state index contributed by atoms with van der Waals surface area (Å²) in [6.07, 6.45) is 1.67. The van der Waals surface area contributed by atoms with Gasteiger partial charge in [-0.25, -0.2) is 0 Å². The zero-order chi connectivity index (χ0) is 18.2. The van der Waals surface area contributed by atoms with Crippen molar-refractivity contribution < 1.29 is 24.1 Å². The highest BCUT2D eigenvalue weighted by molar-refractivity contribution is 5.99. The van der Waals surface area contributed by atoms with Gasteiger partial charge < -0.3 is 24.6 Å². The first-order chi connectivity index (χ1) is 12.1. The average molecular weight is 343 g/mol. The zero-order valence-electron chi connectivity index (χ0n) is 14.2. The number of amides is 1. The predicted molar refractivity (Wildman–Crippen MR) is 94.5 cm³/mol. The molecule has 0 aliphatic heterocycles. The van der Waals surface area contributed by atoms with Crippen molar-refractivity contribution in [1.82, 2.24) is 5.32 Å². The maximum atomic E-state index is 12.4. The van der Waals surface area contributed by atoms with E-state index in [4.69, 9.17) is 14.2 Å². The van der Waals surface area contributed by atoms with Crippen LogP contribution in [-0.2, 0) is 6.54 Å². The monoisotopic (exact) mass is 343 g/mol. The second-order valence-electron chi connectivity index (χ2n) is 5.15. The van der Waals surface area contributed by atoms with E-state index in [2.05, 4.69) is 11.9 Å². The standard InChI is InChI=1S/C19H21NO5/c1-4-9-25-14-7-5-13(6-8-14)12-20-19(22)18-16(21)10-15(23-2)11-17(18)24-3/h4-8,10-11,21H,1,9,12H2,2-3H3,(H,20,22). The zero-order valence-corrected chi connectivity index (χ0v) is 14.2. The van der Waals surface area contributed by atoms with Gasteiger partial charge in [0.1, 0.15) is 35.2 Å². The molecule has 0 saturated heterocycles. The third-order valence-electron chi connectivity index (χ3n) is 3.48. The van der Waals surface area contributed by atoms with Gasteiger partial charge in [0.15, 0.2) is 0 Å². The van der Waals surface area contributed by atoms with E-state index in [0.29, 0.717) is 18.9 Å². The van der Waals surface area contributed by atoms with Gasteiger partial charge in [-0.1, -0.05) is 24.8 Å². The van der Waals surface area contributed by atoms with Crippen molar-refractivity contribution in [1.29, 1.82) is 0 Å². The summed E-state index contributed by atoms with van der Waals surface area (Å²) in [6.45, 7) is 4.33. The molecule has 1 amide bonds. The molecule has 0 bridgehead atoms. The Morgan fingerprint density at radius 1 is 1.16 bits per heavy atom. The first-order valence-corrected chi connectivity index (χ1v) is 7.64. The molecule has 132 valence electrons. The molecule has 0 spiro atoms. The van der Waals surface area contributed by atoms with Gasteiger partial charge >= 0.3 is 0 Å². The van der Waals surface area contributed by atoms with Crippen LogP contribution in [0.15, 0.2) is 49.1 Å². The van der Waals surface area contributed by atoms with Gasteiger partial charge in [0.25, 0.3) is 5.91 Å². The van der Waals surface area contributed by atoms with Crippen molar-refractivity contribution >= 4 is 5.91 Å². The number of benzene rings is 2. The van der Waals surface area contributed by atoms with Crippen LogP contribution in [0.5, 0.6) is 23.0 Å². The number of methoxy groups -OCH3 is 2. The van der Waals surface area contributed by atoms with E-state index in [0.717, 1.165) is 11.3 Å². The van der Waals surface area contributed by atoms with E-state index in [1.165, 1.54) is 20.3 Å². The number of phenolic OH excluding ortho intramolecular Hbond substituents is 1. The van der Waals surface area contributed by atoms with Crippen molar-refractivity contribution in [2.45, 2.75) is 6.54 Å². The normalized spacial score (nSPS) is 10.0. The van der Waals surface area contributed by atoms with Crippen LogP contribution in [0.3, 0.4) is 0 Å². The summed E-state index contributed by atoms with van der Waals surface area (Å²) in [5.74, 6) is 0.721. The lowest BCUT2D eigenvalue weighted by atomic mass is 10.1. The van der Waals surface area contributed by atoms with Crippen molar-refractivity contribution in [2.75, 3.05) is 20.8 Å². The highest BCUT2D eigenvalue weighted by Crippen LogP contribution is 2.33. The summed E-state index contributed by atoms with van der Waals surface area (Å²) >= 11 is 0. The van der Waals surface area contributed by atoms with Crippen LogP contribution in [0.25, 0.3) is 0 Å². The van der Waals surface area contributed by atoms with E-state index in [9.17, 15) is 9.90 Å². The first kappa shape index (κ1) is 18.2. The van der Waals surface area contributed by atoms with E-state index < -0.39 is 5.91 Å². The number of phenols is 1. The minimum Gasteiger partial charge on any atom is -0.507 e. The largest absolute Gasteiger partial charge is 0.507 e. The van der Waals surface area contributed by atoms with Crippen LogP contribution in [0.1, 0.15) is 15.9 Å². The first-order valence-electron chi connectivity index (χ1n) is 7.64. The van der Waals surface area contributed by atoms with Gasteiger partial charge in [0.05, 0.1) is 14.2 Å². The number of nitrogens with one attached hydrogen (secondary N) is 1. The number of carbonyl (C=O) groups excluding carboxylic acids is 1. The third-order valence-corrected chi connectivity index (χ3v) is 3.48. The lowest BCUT2D eigenvalue weighted by Crippen LogP contribution is -2.23. The summed E-state index contributed by atoms with van der Waals surface area (Å²) in [5, 5.41) is 12.8. The highest BCUT2D eigenvalue weighted by Gasteiger charge is 2.19. The molecule has 0 unspecified atom stereocenters. The number of aromatic hydroxyl groups is 1. The Bertz CT molecular complexity index is 740.